The zero-order valence-corrected chi connectivity index (χ0v) is 12.3. The van der Waals surface area contributed by atoms with Gasteiger partial charge in [-0.2, -0.15) is 0 Å². The fourth-order valence-corrected chi connectivity index (χ4v) is 3.01. The Kier molecular flexibility index (Phi) is 4.31. The molecule has 2 rings (SSSR count). The van der Waals surface area contributed by atoms with E-state index in [9.17, 15) is 0 Å². The van der Waals surface area contributed by atoms with E-state index in [4.69, 9.17) is 11.6 Å². The lowest BCUT2D eigenvalue weighted by Crippen LogP contribution is -2.60. The summed E-state index contributed by atoms with van der Waals surface area (Å²) < 4.78 is 0. The first-order chi connectivity index (χ1) is 8.49. The Morgan fingerprint density at radius 1 is 1.33 bits per heavy atom. The maximum Gasteiger partial charge on any atom is 0.0406 e. The standard InChI is InChI=1S/C15H23ClN2/c1-12(10-13-4-6-14(16)7-5-13)18-9-8-17-11-15(18,2)3/h4-7,12,17H,8-11H2,1-3H3. The first kappa shape index (κ1) is 13.9. The maximum absolute atomic E-state index is 5.92. The summed E-state index contributed by atoms with van der Waals surface area (Å²) in [6.07, 6.45) is 1.08. The Labute approximate surface area is 115 Å². The van der Waals surface area contributed by atoms with Crippen molar-refractivity contribution >= 4 is 11.6 Å². The molecule has 1 aromatic rings. The number of piperazine rings is 1. The van der Waals surface area contributed by atoms with Crippen LogP contribution in [0.4, 0.5) is 0 Å². The molecule has 0 aliphatic carbocycles. The van der Waals surface area contributed by atoms with E-state index >= 15 is 0 Å². The van der Waals surface area contributed by atoms with Crippen molar-refractivity contribution in [3.8, 4) is 0 Å². The number of rotatable bonds is 3. The lowest BCUT2D eigenvalue weighted by molar-refractivity contribution is 0.0523. The molecule has 0 saturated carbocycles. The Morgan fingerprint density at radius 3 is 2.61 bits per heavy atom. The summed E-state index contributed by atoms with van der Waals surface area (Å²) in [5.74, 6) is 0. The molecule has 0 bridgehead atoms. The monoisotopic (exact) mass is 266 g/mol. The minimum atomic E-state index is 0.240. The van der Waals surface area contributed by atoms with Gasteiger partial charge in [-0.25, -0.2) is 0 Å². The second kappa shape index (κ2) is 5.60. The molecule has 100 valence electrons. The maximum atomic E-state index is 5.92. The van der Waals surface area contributed by atoms with Gasteiger partial charge in [0.2, 0.25) is 0 Å². The van der Waals surface area contributed by atoms with Crippen LogP contribution in [-0.4, -0.2) is 36.1 Å². The molecule has 3 heteroatoms. The third kappa shape index (κ3) is 3.25. The minimum Gasteiger partial charge on any atom is -0.314 e. The highest BCUT2D eigenvalue weighted by Gasteiger charge is 2.32. The van der Waals surface area contributed by atoms with Crippen molar-refractivity contribution in [3.63, 3.8) is 0 Å². The predicted octanol–water partition coefficient (Wildman–Crippen LogP) is 2.95. The number of nitrogens with zero attached hydrogens (tertiary/aromatic N) is 1. The molecule has 0 radical (unpaired) electrons. The number of hydrogen-bond donors (Lipinski definition) is 1. The van der Waals surface area contributed by atoms with Crippen molar-refractivity contribution < 1.29 is 0 Å². The lowest BCUT2D eigenvalue weighted by atomic mass is 9.95. The summed E-state index contributed by atoms with van der Waals surface area (Å²) >= 11 is 5.92. The predicted molar refractivity (Wildman–Crippen MR) is 78.3 cm³/mol. The van der Waals surface area contributed by atoms with Crippen LogP contribution in [0.15, 0.2) is 24.3 Å². The van der Waals surface area contributed by atoms with Gasteiger partial charge in [0.05, 0.1) is 0 Å². The Hall–Kier alpha value is -0.570. The Balaban J connectivity index is 2.02. The molecule has 0 aromatic heterocycles. The molecule has 2 nitrogen and oxygen atoms in total. The normalized spacial score (nSPS) is 21.8. The van der Waals surface area contributed by atoms with E-state index < -0.39 is 0 Å². The molecule has 1 aromatic carbocycles. The minimum absolute atomic E-state index is 0.240. The van der Waals surface area contributed by atoms with Crippen LogP contribution < -0.4 is 5.32 Å². The average molecular weight is 267 g/mol. The van der Waals surface area contributed by atoms with Crippen LogP contribution in [-0.2, 0) is 6.42 Å². The number of halogens is 1. The topological polar surface area (TPSA) is 15.3 Å². The first-order valence-electron chi connectivity index (χ1n) is 6.71. The van der Waals surface area contributed by atoms with Crippen LogP contribution in [0.25, 0.3) is 0 Å². The van der Waals surface area contributed by atoms with Crippen LogP contribution in [0.2, 0.25) is 5.02 Å². The Morgan fingerprint density at radius 2 is 2.00 bits per heavy atom. The quantitative estimate of drug-likeness (QED) is 0.905. The van der Waals surface area contributed by atoms with Gasteiger partial charge in [-0.05, 0) is 44.9 Å². The van der Waals surface area contributed by atoms with Gasteiger partial charge in [0.15, 0.2) is 0 Å². The van der Waals surface area contributed by atoms with Crippen molar-refractivity contribution in [2.24, 2.45) is 0 Å². The van der Waals surface area contributed by atoms with E-state index in [2.05, 4.69) is 43.1 Å². The summed E-state index contributed by atoms with van der Waals surface area (Å²) in [6.45, 7) is 10.2. The van der Waals surface area contributed by atoms with Gasteiger partial charge >= 0.3 is 0 Å². The highest BCUT2D eigenvalue weighted by atomic mass is 35.5. The van der Waals surface area contributed by atoms with Gasteiger partial charge in [-0.15, -0.1) is 0 Å². The van der Waals surface area contributed by atoms with Crippen molar-refractivity contribution in [3.05, 3.63) is 34.9 Å². The summed E-state index contributed by atoms with van der Waals surface area (Å²) in [6, 6.07) is 8.78. The van der Waals surface area contributed by atoms with Gasteiger partial charge < -0.3 is 5.32 Å². The third-order valence-electron chi connectivity index (χ3n) is 3.84. The fraction of sp³-hybridized carbons (Fsp3) is 0.600. The molecular weight excluding hydrogens is 244 g/mol. The van der Waals surface area contributed by atoms with Gasteiger partial charge in [0, 0.05) is 36.2 Å². The summed E-state index contributed by atoms with van der Waals surface area (Å²) in [5.41, 5.74) is 1.60. The summed E-state index contributed by atoms with van der Waals surface area (Å²) in [4.78, 5) is 2.61. The summed E-state index contributed by atoms with van der Waals surface area (Å²) in [5, 5.41) is 4.29. The van der Waals surface area contributed by atoms with Crippen LogP contribution in [0.5, 0.6) is 0 Å². The van der Waals surface area contributed by atoms with E-state index in [1.807, 2.05) is 12.1 Å². The molecule has 1 saturated heterocycles. The SMILES string of the molecule is CC(Cc1ccc(Cl)cc1)N1CCNCC1(C)C. The fourth-order valence-electron chi connectivity index (χ4n) is 2.89. The molecule has 1 N–H and O–H groups in total. The average Bonchev–Trinajstić information content (AvgIpc) is 2.31. The van der Waals surface area contributed by atoms with E-state index in [0.29, 0.717) is 6.04 Å². The lowest BCUT2D eigenvalue weighted by Gasteiger charge is -2.46. The van der Waals surface area contributed by atoms with Gasteiger partial charge in [-0.1, -0.05) is 23.7 Å². The molecule has 1 heterocycles. The van der Waals surface area contributed by atoms with Gasteiger partial charge in [0.1, 0.15) is 0 Å². The molecular formula is C15H23ClN2. The second-order valence-corrected chi connectivity index (χ2v) is 6.30. The van der Waals surface area contributed by atoms with Crippen LogP contribution in [0.3, 0.4) is 0 Å². The van der Waals surface area contributed by atoms with Crippen molar-refractivity contribution in [1.82, 2.24) is 10.2 Å². The van der Waals surface area contributed by atoms with Crippen molar-refractivity contribution in [2.75, 3.05) is 19.6 Å². The molecule has 1 aliphatic heterocycles. The highest BCUT2D eigenvalue weighted by Crippen LogP contribution is 2.22. The van der Waals surface area contributed by atoms with Crippen molar-refractivity contribution in [2.45, 2.75) is 38.8 Å². The molecule has 1 fully saturated rings. The van der Waals surface area contributed by atoms with Gasteiger partial charge in [0.25, 0.3) is 0 Å². The zero-order valence-electron chi connectivity index (χ0n) is 11.5. The zero-order chi connectivity index (χ0) is 13.2. The second-order valence-electron chi connectivity index (χ2n) is 5.86. The van der Waals surface area contributed by atoms with Crippen LogP contribution in [0, 0.1) is 0 Å². The van der Waals surface area contributed by atoms with Gasteiger partial charge in [-0.3, -0.25) is 4.90 Å². The van der Waals surface area contributed by atoms with Crippen LogP contribution >= 0.6 is 11.6 Å². The molecule has 1 atom stereocenters. The van der Waals surface area contributed by atoms with E-state index in [1.54, 1.807) is 0 Å². The molecule has 1 aliphatic rings. The first-order valence-corrected chi connectivity index (χ1v) is 7.09. The largest absolute Gasteiger partial charge is 0.314 e. The number of nitrogens with one attached hydrogen (secondary N) is 1. The molecule has 1 unspecified atom stereocenters. The molecule has 18 heavy (non-hydrogen) atoms. The summed E-state index contributed by atoms with van der Waals surface area (Å²) in [7, 11) is 0. The number of hydrogen-bond acceptors (Lipinski definition) is 2. The van der Waals surface area contributed by atoms with E-state index in [0.717, 1.165) is 31.1 Å². The molecule has 0 spiro atoms. The highest BCUT2D eigenvalue weighted by molar-refractivity contribution is 6.30. The van der Waals surface area contributed by atoms with Crippen LogP contribution in [0.1, 0.15) is 26.3 Å². The number of benzene rings is 1. The van der Waals surface area contributed by atoms with E-state index in [-0.39, 0.29) is 5.54 Å². The van der Waals surface area contributed by atoms with Crippen molar-refractivity contribution in [1.29, 1.82) is 0 Å². The third-order valence-corrected chi connectivity index (χ3v) is 4.09. The van der Waals surface area contributed by atoms with E-state index in [1.165, 1.54) is 5.56 Å². The smallest absolute Gasteiger partial charge is 0.0406 e. The Bertz CT molecular complexity index is 386. The molecule has 0 amide bonds.